The second kappa shape index (κ2) is 6.02. The molecule has 2 aliphatic carbocycles. The van der Waals surface area contributed by atoms with Crippen LogP contribution in [0.3, 0.4) is 0 Å². The van der Waals surface area contributed by atoms with Gasteiger partial charge in [0.15, 0.2) is 0 Å². The van der Waals surface area contributed by atoms with Crippen LogP contribution < -0.4 is 5.32 Å². The molecule has 0 spiro atoms. The molecule has 3 nitrogen and oxygen atoms in total. The second-order valence-electron chi connectivity index (χ2n) is 6.21. The van der Waals surface area contributed by atoms with Crippen LogP contribution in [0.25, 0.3) is 0 Å². The van der Waals surface area contributed by atoms with Crippen LogP contribution in [0.15, 0.2) is 36.4 Å². The molecule has 112 valence electrons. The fraction of sp³-hybridized carbons (Fsp3) is 0.500. The van der Waals surface area contributed by atoms with Crippen molar-refractivity contribution in [3.63, 3.8) is 0 Å². The number of carbonyl (C=O) groups is 1. The maximum Gasteiger partial charge on any atom is 0.223 e. The van der Waals surface area contributed by atoms with Gasteiger partial charge in [-0.3, -0.25) is 4.79 Å². The Morgan fingerprint density at radius 1 is 1.29 bits per heavy atom. The fourth-order valence-electron chi connectivity index (χ4n) is 3.42. The largest absolute Gasteiger partial charge is 0.376 e. The maximum atomic E-state index is 12.3. The minimum atomic E-state index is -0.274. The molecule has 0 aliphatic heterocycles. The minimum Gasteiger partial charge on any atom is -0.376 e. The van der Waals surface area contributed by atoms with Crippen LogP contribution in [0.2, 0.25) is 0 Å². The van der Waals surface area contributed by atoms with E-state index in [0.717, 1.165) is 32.1 Å². The van der Waals surface area contributed by atoms with Gasteiger partial charge in [-0.05, 0) is 30.4 Å². The fourth-order valence-corrected chi connectivity index (χ4v) is 3.42. The first-order chi connectivity index (χ1) is 10.2. The topological polar surface area (TPSA) is 38.3 Å². The van der Waals surface area contributed by atoms with Gasteiger partial charge in [-0.25, -0.2) is 0 Å². The van der Waals surface area contributed by atoms with E-state index in [-0.39, 0.29) is 17.4 Å². The number of hydrogen-bond donors (Lipinski definition) is 1. The van der Waals surface area contributed by atoms with Crippen LogP contribution in [-0.4, -0.2) is 25.2 Å². The summed E-state index contributed by atoms with van der Waals surface area (Å²) >= 11 is 0. The van der Waals surface area contributed by atoms with Crippen molar-refractivity contribution < 1.29 is 9.53 Å². The van der Waals surface area contributed by atoms with E-state index in [1.807, 2.05) is 0 Å². The lowest BCUT2D eigenvalue weighted by atomic mass is 9.93. The first-order valence-electron chi connectivity index (χ1n) is 7.77. The van der Waals surface area contributed by atoms with E-state index in [0.29, 0.717) is 6.54 Å². The molecule has 1 atom stereocenters. The average Bonchev–Trinajstić information content (AvgIpc) is 2.92. The second-order valence-corrected chi connectivity index (χ2v) is 6.21. The van der Waals surface area contributed by atoms with Gasteiger partial charge in [-0.1, -0.05) is 36.4 Å². The smallest absolute Gasteiger partial charge is 0.223 e. The van der Waals surface area contributed by atoms with Crippen LogP contribution in [-0.2, 0) is 22.4 Å². The first-order valence-corrected chi connectivity index (χ1v) is 7.77. The van der Waals surface area contributed by atoms with E-state index in [1.165, 1.54) is 11.1 Å². The van der Waals surface area contributed by atoms with Gasteiger partial charge in [0.25, 0.3) is 0 Å². The maximum absolute atomic E-state index is 12.3. The zero-order chi connectivity index (χ0) is 14.7. The van der Waals surface area contributed by atoms with E-state index < -0.39 is 0 Å². The molecular weight excluding hydrogens is 262 g/mol. The van der Waals surface area contributed by atoms with Crippen molar-refractivity contribution in [2.24, 2.45) is 5.92 Å². The van der Waals surface area contributed by atoms with Crippen molar-refractivity contribution in [3.05, 3.63) is 47.5 Å². The lowest BCUT2D eigenvalue weighted by Crippen LogP contribution is -2.46. The molecule has 0 fully saturated rings. The van der Waals surface area contributed by atoms with Crippen molar-refractivity contribution in [3.8, 4) is 0 Å². The van der Waals surface area contributed by atoms with Crippen molar-refractivity contribution in [2.75, 3.05) is 13.7 Å². The molecule has 3 heteroatoms. The molecule has 1 N–H and O–H groups in total. The number of ether oxygens (including phenoxy) is 1. The normalized spacial score (nSPS) is 22.8. The highest BCUT2D eigenvalue weighted by Gasteiger charge is 2.37. The van der Waals surface area contributed by atoms with Gasteiger partial charge in [-0.15, -0.1) is 0 Å². The van der Waals surface area contributed by atoms with Gasteiger partial charge in [0.2, 0.25) is 5.91 Å². The Kier molecular flexibility index (Phi) is 4.11. The summed E-state index contributed by atoms with van der Waals surface area (Å²) in [7, 11) is 1.75. The molecule has 0 unspecified atom stereocenters. The Labute approximate surface area is 126 Å². The number of nitrogens with one attached hydrogen (secondary N) is 1. The third kappa shape index (κ3) is 3.03. The highest BCUT2D eigenvalue weighted by molar-refractivity contribution is 5.79. The van der Waals surface area contributed by atoms with E-state index in [4.69, 9.17) is 4.74 Å². The van der Waals surface area contributed by atoms with Gasteiger partial charge in [0, 0.05) is 32.4 Å². The third-order valence-electron chi connectivity index (χ3n) is 4.80. The molecular formula is C18H23NO2. The number of benzene rings is 1. The minimum absolute atomic E-state index is 0.132. The summed E-state index contributed by atoms with van der Waals surface area (Å²) in [5, 5.41) is 3.12. The van der Waals surface area contributed by atoms with E-state index in [9.17, 15) is 4.79 Å². The summed E-state index contributed by atoms with van der Waals surface area (Å²) in [6, 6.07) is 8.45. The predicted molar refractivity (Wildman–Crippen MR) is 83.1 cm³/mol. The molecule has 0 heterocycles. The number of amides is 1. The van der Waals surface area contributed by atoms with Gasteiger partial charge in [-0.2, -0.15) is 0 Å². The van der Waals surface area contributed by atoms with Crippen LogP contribution in [0.1, 0.15) is 30.4 Å². The summed E-state index contributed by atoms with van der Waals surface area (Å²) in [5.74, 6) is 0.305. The molecule has 2 aliphatic rings. The van der Waals surface area contributed by atoms with Crippen molar-refractivity contribution >= 4 is 5.91 Å². The summed E-state index contributed by atoms with van der Waals surface area (Å²) in [6.45, 7) is 0.594. The molecule has 1 amide bonds. The highest BCUT2D eigenvalue weighted by Crippen LogP contribution is 2.32. The van der Waals surface area contributed by atoms with Gasteiger partial charge in [0.1, 0.15) is 0 Å². The molecule has 3 rings (SSSR count). The van der Waals surface area contributed by atoms with E-state index in [2.05, 4.69) is 41.7 Å². The number of hydrogen-bond acceptors (Lipinski definition) is 2. The quantitative estimate of drug-likeness (QED) is 0.864. The summed E-state index contributed by atoms with van der Waals surface area (Å²) in [6.07, 6.45) is 8.88. The Morgan fingerprint density at radius 2 is 2.00 bits per heavy atom. The van der Waals surface area contributed by atoms with Gasteiger partial charge < -0.3 is 10.1 Å². The lowest BCUT2D eigenvalue weighted by Gasteiger charge is -2.29. The first kappa shape index (κ1) is 14.3. The third-order valence-corrected chi connectivity index (χ3v) is 4.80. The van der Waals surface area contributed by atoms with Crippen LogP contribution in [0.4, 0.5) is 0 Å². The Balaban J connectivity index is 1.61. The van der Waals surface area contributed by atoms with E-state index >= 15 is 0 Å². The predicted octanol–water partition coefficient (Wildman–Crippen LogP) is 2.64. The lowest BCUT2D eigenvalue weighted by molar-refractivity contribution is -0.126. The summed E-state index contributed by atoms with van der Waals surface area (Å²) in [4.78, 5) is 12.3. The molecule has 1 aromatic carbocycles. The standard InChI is InChI=1S/C18H23NO2/c1-21-18(11-15-9-5-6-10-16(15)12-18)13-19-17(20)14-7-3-2-4-8-14/h2-3,5-6,9-10,14H,4,7-8,11-13H2,1H3,(H,19,20)/t14-/m0/s1. The molecule has 0 saturated carbocycles. The molecule has 0 saturated heterocycles. The number of fused-ring (bicyclic) bond motifs is 1. The molecule has 0 bridgehead atoms. The zero-order valence-corrected chi connectivity index (χ0v) is 12.6. The van der Waals surface area contributed by atoms with Crippen LogP contribution >= 0.6 is 0 Å². The van der Waals surface area contributed by atoms with Gasteiger partial charge >= 0.3 is 0 Å². The van der Waals surface area contributed by atoms with Gasteiger partial charge in [0.05, 0.1) is 5.60 Å². The SMILES string of the molecule is COC1(CNC(=O)[C@H]2CC=CCC2)Cc2ccccc2C1. The Hall–Kier alpha value is -1.61. The molecule has 21 heavy (non-hydrogen) atoms. The van der Waals surface area contributed by atoms with Crippen molar-refractivity contribution in [1.82, 2.24) is 5.32 Å². The Bertz CT molecular complexity index is 525. The van der Waals surface area contributed by atoms with Crippen molar-refractivity contribution in [1.29, 1.82) is 0 Å². The number of rotatable bonds is 4. The number of methoxy groups -OCH3 is 1. The van der Waals surface area contributed by atoms with E-state index in [1.54, 1.807) is 7.11 Å². The molecule has 0 aromatic heterocycles. The molecule has 1 aromatic rings. The average molecular weight is 285 g/mol. The highest BCUT2D eigenvalue weighted by atomic mass is 16.5. The zero-order valence-electron chi connectivity index (χ0n) is 12.6. The van der Waals surface area contributed by atoms with Crippen LogP contribution in [0.5, 0.6) is 0 Å². The van der Waals surface area contributed by atoms with Crippen LogP contribution in [0, 0.1) is 5.92 Å². The monoisotopic (exact) mass is 285 g/mol. The summed E-state index contributed by atoms with van der Waals surface area (Å²) < 4.78 is 5.79. The number of allylic oxidation sites excluding steroid dienone is 2. The summed E-state index contributed by atoms with van der Waals surface area (Å²) in [5.41, 5.74) is 2.41. The number of carbonyl (C=O) groups excluding carboxylic acids is 1. The Morgan fingerprint density at radius 3 is 2.57 bits per heavy atom. The van der Waals surface area contributed by atoms with Crippen molar-refractivity contribution in [2.45, 2.75) is 37.7 Å². The molecule has 0 radical (unpaired) electrons.